The summed E-state index contributed by atoms with van der Waals surface area (Å²) in [6.45, 7) is 1.97. The first-order valence-electron chi connectivity index (χ1n) is 7.06. The van der Waals surface area contributed by atoms with Crippen LogP contribution < -0.4 is 10.7 Å². The van der Waals surface area contributed by atoms with Gasteiger partial charge in [-0.25, -0.2) is 5.43 Å². The number of aromatic hydroxyl groups is 1. The van der Waals surface area contributed by atoms with Crippen molar-refractivity contribution in [3.05, 3.63) is 63.7 Å². The summed E-state index contributed by atoms with van der Waals surface area (Å²) < 4.78 is 0. The number of carbonyl (C=O) groups excluding carboxylic acids is 1. The molecule has 2 aromatic rings. The summed E-state index contributed by atoms with van der Waals surface area (Å²) in [6, 6.07) is 11.4. The highest BCUT2D eigenvalue weighted by molar-refractivity contribution is 5.85. The van der Waals surface area contributed by atoms with Crippen LogP contribution in [0.4, 0.5) is 11.4 Å². The van der Waals surface area contributed by atoms with Crippen LogP contribution in [0.2, 0.25) is 0 Å². The summed E-state index contributed by atoms with van der Waals surface area (Å²) in [5, 5.41) is 26.8. The molecule has 0 aliphatic carbocycles. The molecule has 24 heavy (non-hydrogen) atoms. The number of nitro benzene ring substituents is 1. The Bertz CT molecular complexity index is 789. The van der Waals surface area contributed by atoms with Crippen molar-refractivity contribution in [1.82, 2.24) is 5.43 Å². The summed E-state index contributed by atoms with van der Waals surface area (Å²) >= 11 is 0. The number of nitrogens with one attached hydrogen (secondary N) is 2. The van der Waals surface area contributed by atoms with Crippen LogP contribution in [-0.4, -0.2) is 28.7 Å². The molecule has 0 heterocycles. The van der Waals surface area contributed by atoms with E-state index in [1.807, 2.05) is 31.2 Å². The minimum Gasteiger partial charge on any atom is -0.502 e. The molecule has 0 radical (unpaired) electrons. The highest BCUT2D eigenvalue weighted by atomic mass is 16.6. The van der Waals surface area contributed by atoms with Crippen LogP contribution in [0.1, 0.15) is 11.1 Å². The topological polar surface area (TPSA) is 117 Å². The molecule has 0 saturated heterocycles. The Balaban J connectivity index is 1.90. The first-order valence-corrected chi connectivity index (χ1v) is 7.06. The summed E-state index contributed by atoms with van der Waals surface area (Å²) in [4.78, 5) is 21.7. The second-order valence-electron chi connectivity index (χ2n) is 4.97. The van der Waals surface area contributed by atoms with Gasteiger partial charge in [0.25, 0.3) is 5.91 Å². The standard InChI is InChI=1S/C16H16N4O4/c1-11-4-2-3-5-13(11)17-10-16(22)19-18-9-12-6-7-15(21)14(8-12)20(23)24/h2-9,17,21H,10H2,1H3,(H,19,22)/b18-9-. The van der Waals surface area contributed by atoms with Gasteiger partial charge in [-0.15, -0.1) is 0 Å². The van der Waals surface area contributed by atoms with Gasteiger partial charge in [0.05, 0.1) is 17.7 Å². The van der Waals surface area contributed by atoms with Crippen molar-refractivity contribution in [1.29, 1.82) is 0 Å². The Morgan fingerprint density at radius 2 is 2.08 bits per heavy atom. The smallest absolute Gasteiger partial charge is 0.311 e. The van der Waals surface area contributed by atoms with Crippen molar-refractivity contribution >= 4 is 23.5 Å². The van der Waals surface area contributed by atoms with Gasteiger partial charge in [-0.1, -0.05) is 18.2 Å². The summed E-state index contributed by atoms with van der Waals surface area (Å²) in [6.07, 6.45) is 1.26. The third-order valence-electron chi connectivity index (χ3n) is 3.18. The SMILES string of the molecule is Cc1ccccc1NCC(=O)N/N=C\c1ccc(O)c([N+](=O)[O-])c1. The van der Waals surface area contributed by atoms with Crippen LogP contribution in [0.25, 0.3) is 0 Å². The first-order chi connectivity index (χ1) is 11.5. The van der Waals surface area contributed by atoms with Crippen molar-refractivity contribution in [3.8, 4) is 5.75 Å². The molecular weight excluding hydrogens is 312 g/mol. The van der Waals surface area contributed by atoms with Crippen LogP contribution in [-0.2, 0) is 4.79 Å². The van der Waals surface area contributed by atoms with Crippen molar-refractivity contribution in [2.75, 3.05) is 11.9 Å². The zero-order valence-corrected chi connectivity index (χ0v) is 12.9. The van der Waals surface area contributed by atoms with Crippen molar-refractivity contribution in [3.63, 3.8) is 0 Å². The lowest BCUT2D eigenvalue weighted by molar-refractivity contribution is -0.385. The highest BCUT2D eigenvalue weighted by Crippen LogP contribution is 2.25. The van der Waals surface area contributed by atoms with Crippen LogP contribution in [0.3, 0.4) is 0 Å². The molecule has 0 saturated carbocycles. The predicted octanol–water partition coefficient (Wildman–Crippen LogP) is 2.17. The number of phenols is 1. The number of carbonyl (C=O) groups is 1. The van der Waals surface area contributed by atoms with Gasteiger partial charge in [0.15, 0.2) is 5.75 Å². The number of hydrazone groups is 1. The van der Waals surface area contributed by atoms with Crippen LogP contribution in [0.5, 0.6) is 5.75 Å². The fourth-order valence-corrected chi connectivity index (χ4v) is 1.93. The number of hydrogen-bond donors (Lipinski definition) is 3. The van der Waals surface area contributed by atoms with E-state index < -0.39 is 16.4 Å². The minimum absolute atomic E-state index is 0.0396. The molecule has 3 N–H and O–H groups in total. The van der Waals surface area contributed by atoms with Gasteiger partial charge >= 0.3 is 5.69 Å². The molecule has 0 unspecified atom stereocenters. The molecule has 0 aliphatic heterocycles. The highest BCUT2D eigenvalue weighted by Gasteiger charge is 2.12. The number of nitrogens with zero attached hydrogens (tertiary/aromatic N) is 2. The molecule has 1 amide bonds. The van der Waals surface area contributed by atoms with E-state index in [-0.39, 0.29) is 12.5 Å². The maximum Gasteiger partial charge on any atom is 0.311 e. The number of aryl methyl sites for hydroxylation is 1. The molecule has 0 atom stereocenters. The number of phenolic OH excluding ortho intramolecular Hbond substituents is 1. The molecule has 8 heteroatoms. The van der Waals surface area contributed by atoms with E-state index >= 15 is 0 Å². The third-order valence-corrected chi connectivity index (χ3v) is 3.18. The quantitative estimate of drug-likeness (QED) is 0.427. The monoisotopic (exact) mass is 328 g/mol. The Kier molecular flexibility index (Phi) is 5.45. The van der Waals surface area contributed by atoms with E-state index in [1.165, 1.54) is 18.3 Å². The zero-order chi connectivity index (χ0) is 17.5. The number of anilines is 1. The number of rotatable bonds is 6. The van der Waals surface area contributed by atoms with E-state index in [0.717, 1.165) is 17.3 Å². The Labute approximate surface area is 138 Å². The number of hydrogen-bond acceptors (Lipinski definition) is 6. The average molecular weight is 328 g/mol. The fraction of sp³-hybridized carbons (Fsp3) is 0.125. The molecule has 0 aliphatic rings. The normalized spacial score (nSPS) is 10.5. The minimum atomic E-state index is -0.697. The number of amides is 1. The van der Waals surface area contributed by atoms with E-state index in [2.05, 4.69) is 15.8 Å². The average Bonchev–Trinajstić information content (AvgIpc) is 2.55. The second-order valence-corrected chi connectivity index (χ2v) is 4.97. The first kappa shape index (κ1) is 16.9. The summed E-state index contributed by atoms with van der Waals surface area (Å²) in [7, 11) is 0. The van der Waals surface area contributed by atoms with Crippen molar-refractivity contribution < 1.29 is 14.8 Å². The van der Waals surface area contributed by atoms with Crippen LogP contribution in [0, 0.1) is 17.0 Å². The van der Waals surface area contributed by atoms with Gasteiger partial charge in [-0.05, 0) is 30.7 Å². The number of nitro groups is 1. The number of benzene rings is 2. The Morgan fingerprint density at radius 3 is 2.79 bits per heavy atom. The van der Waals surface area contributed by atoms with Gasteiger partial charge in [-0.2, -0.15) is 5.10 Å². The van der Waals surface area contributed by atoms with Crippen LogP contribution >= 0.6 is 0 Å². The predicted molar refractivity (Wildman–Crippen MR) is 90.2 cm³/mol. The lowest BCUT2D eigenvalue weighted by Crippen LogP contribution is -2.26. The molecule has 8 nitrogen and oxygen atoms in total. The van der Waals surface area contributed by atoms with Gasteiger partial charge < -0.3 is 10.4 Å². The van der Waals surface area contributed by atoms with Gasteiger partial charge in [0.2, 0.25) is 0 Å². The van der Waals surface area contributed by atoms with Gasteiger partial charge in [0.1, 0.15) is 0 Å². The molecule has 2 aromatic carbocycles. The molecule has 0 bridgehead atoms. The van der Waals surface area contributed by atoms with E-state index in [0.29, 0.717) is 5.56 Å². The van der Waals surface area contributed by atoms with Crippen molar-refractivity contribution in [2.45, 2.75) is 6.92 Å². The number of para-hydroxylation sites is 1. The summed E-state index contributed by atoms with van der Waals surface area (Å²) in [5.41, 5.74) is 4.15. The lowest BCUT2D eigenvalue weighted by atomic mass is 10.2. The molecule has 2 rings (SSSR count). The molecular formula is C16H16N4O4. The van der Waals surface area contributed by atoms with Crippen LogP contribution in [0.15, 0.2) is 47.6 Å². The molecule has 124 valence electrons. The van der Waals surface area contributed by atoms with Crippen molar-refractivity contribution in [2.24, 2.45) is 5.10 Å². The fourth-order valence-electron chi connectivity index (χ4n) is 1.93. The van der Waals surface area contributed by atoms with E-state index in [1.54, 1.807) is 0 Å². The lowest BCUT2D eigenvalue weighted by Gasteiger charge is -2.07. The molecule has 0 fully saturated rings. The van der Waals surface area contributed by atoms with Gasteiger partial charge in [0, 0.05) is 17.3 Å². The summed E-state index contributed by atoms with van der Waals surface area (Å²) in [5.74, 6) is -0.786. The second kappa shape index (κ2) is 7.73. The maximum atomic E-state index is 11.7. The van der Waals surface area contributed by atoms with E-state index in [9.17, 15) is 20.0 Å². The zero-order valence-electron chi connectivity index (χ0n) is 12.9. The maximum absolute atomic E-state index is 11.7. The molecule has 0 aromatic heterocycles. The van der Waals surface area contributed by atoms with Gasteiger partial charge in [-0.3, -0.25) is 14.9 Å². The largest absolute Gasteiger partial charge is 0.502 e. The molecule has 0 spiro atoms. The third kappa shape index (κ3) is 4.54. The Morgan fingerprint density at radius 1 is 1.33 bits per heavy atom. The van der Waals surface area contributed by atoms with E-state index in [4.69, 9.17) is 0 Å². The Hall–Kier alpha value is -3.42.